The van der Waals surface area contributed by atoms with Gasteiger partial charge in [0.2, 0.25) is 5.91 Å². The SMILES string of the molecule is Cc1cc(C(=O)NCC2CCCO2)cc(C)c1N1C[C@@H](Cc2ccccc2F)C[C@@H](C)C1=O. The van der Waals surface area contributed by atoms with Crippen LogP contribution in [0, 0.1) is 31.5 Å². The molecule has 0 aliphatic carbocycles. The quantitative estimate of drug-likeness (QED) is 0.698. The Bertz CT molecular complexity index is 1010. The van der Waals surface area contributed by atoms with E-state index in [9.17, 15) is 14.0 Å². The first kappa shape index (κ1) is 23.4. The molecule has 2 aliphatic rings. The largest absolute Gasteiger partial charge is 0.376 e. The number of nitrogens with zero attached hydrogens (tertiary/aromatic N) is 1. The second-order valence-corrected chi connectivity index (χ2v) is 9.55. The summed E-state index contributed by atoms with van der Waals surface area (Å²) in [4.78, 5) is 27.7. The second-order valence-electron chi connectivity index (χ2n) is 9.55. The Morgan fingerprint density at radius 2 is 1.94 bits per heavy atom. The maximum Gasteiger partial charge on any atom is 0.251 e. The summed E-state index contributed by atoms with van der Waals surface area (Å²) < 4.78 is 19.8. The molecular weight excluding hydrogens is 419 g/mol. The molecule has 6 heteroatoms. The second kappa shape index (κ2) is 10.0. The normalized spacial score (nSPS) is 23.1. The monoisotopic (exact) mass is 452 g/mol. The number of nitrogens with one attached hydrogen (secondary N) is 1. The van der Waals surface area contributed by atoms with Crippen LogP contribution in [0.2, 0.25) is 0 Å². The van der Waals surface area contributed by atoms with Crippen molar-refractivity contribution >= 4 is 17.5 Å². The minimum absolute atomic E-state index is 0.0848. The van der Waals surface area contributed by atoms with Crippen LogP contribution >= 0.6 is 0 Å². The highest BCUT2D eigenvalue weighted by molar-refractivity contribution is 5.99. The summed E-state index contributed by atoms with van der Waals surface area (Å²) >= 11 is 0. The molecule has 0 radical (unpaired) electrons. The van der Waals surface area contributed by atoms with Crippen molar-refractivity contribution < 1.29 is 18.7 Å². The van der Waals surface area contributed by atoms with E-state index < -0.39 is 0 Å². The van der Waals surface area contributed by atoms with E-state index in [4.69, 9.17) is 4.74 Å². The zero-order valence-corrected chi connectivity index (χ0v) is 19.7. The van der Waals surface area contributed by atoms with Gasteiger partial charge in [-0.05, 0) is 80.3 Å². The Labute approximate surface area is 195 Å². The number of aryl methyl sites for hydroxylation is 2. The number of rotatable bonds is 6. The first-order valence-corrected chi connectivity index (χ1v) is 11.9. The van der Waals surface area contributed by atoms with Gasteiger partial charge in [-0.3, -0.25) is 9.59 Å². The fourth-order valence-electron chi connectivity index (χ4n) is 5.24. The highest BCUT2D eigenvalue weighted by Crippen LogP contribution is 2.34. The summed E-state index contributed by atoms with van der Waals surface area (Å²) in [6, 6.07) is 10.6. The molecule has 3 atom stereocenters. The van der Waals surface area contributed by atoms with Crippen LogP contribution in [-0.4, -0.2) is 37.6 Å². The Hall–Kier alpha value is -2.73. The molecule has 5 nitrogen and oxygen atoms in total. The molecule has 0 saturated carbocycles. The van der Waals surface area contributed by atoms with E-state index in [0.717, 1.165) is 42.7 Å². The number of carbonyl (C=O) groups excluding carboxylic acids is 2. The summed E-state index contributed by atoms with van der Waals surface area (Å²) in [5, 5.41) is 2.97. The third-order valence-corrected chi connectivity index (χ3v) is 6.82. The highest BCUT2D eigenvalue weighted by atomic mass is 19.1. The molecule has 2 heterocycles. The average molecular weight is 453 g/mol. The molecule has 2 amide bonds. The minimum Gasteiger partial charge on any atom is -0.376 e. The Morgan fingerprint density at radius 1 is 1.21 bits per heavy atom. The number of amides is 2. The Morgan fingerprint density at radius 3 is 2.61 bits per heavy atom. The van der Waals surface area contributed by atoms with Crippen molar-refractivity contribution in [2.24, 2.45) is 11.8 Å². The molecule has 33 heavy (non-hydrogen) atoms. The third-order valence-electron chi connectivity index (χ3n) is 6.82. The van der Waals surface area contributed by atoms with Crippen molar-refractivity contribution in [1.82, 2.24) is 5.32 Å². The molecule has 1 unspecified atom stereocenters. The van der Waals surface area contributed by atoms with E-state index in [2.05, 4.69) is 5.32 Å². The van der Waals surface area contributed by atoms with Gasteiger partial charge in [0.25, 0.3) is 5.91 Å². The van der Waals surface area contributed by atoms with Gasteiger partial charge in [0.05, 0.1) is 6.10 Å². The molecule has 0 spiro atoms. The lowest BCUT2D eigenvalue weighted by atomic mass is 9.84. The lowest BCUT2D eigenvalue weighted by Gasteiger charge is -2.38. The summed E-state index contributed by atoms with van der Waals surface area (Å²) in [5.41, 5.74) is 3.93. The molecule has 2 saturated heterocycles. The Kier molecular flexibility index (Phi) is 7.13. The van der Waals surface area contributed by atoms with Crippen molar-refractivity contribution in [2.45, 2.75) is 52.6 Å². The van der Waals surface area contributed by atoms with Crippen molar-refractivity contribution in [3.63, 3.8) is 0 Å². The number of hydrogen-bond acceptors (Lipinski definition) is 3. The fourth-order valence-corrected chi connectivity index (χ4v) is 5.24. The van der Waals surface area contributed by atoms with Gasteiger partial charge in [0.15, 0.2) is 0 Å². The number of carbonyl (C=O) groups is 2. The van der Waals surface area contributed by atoms with Crippen molar-refractivity contribution in [1.29, 1.82) is 0 Å². The standard InChI is InChI=1S/C27H33FN2O3/c1-17-12-22(26(31)29-15-23-8-6-10-33-23)13-18(2)25(17)30-16-20(11-19(3)27(30)32)14-21-7-4-5-9-24(21)28/h4-5,7,9,12-13,19-20,23H,6,8,10-11,14-16H2,1-3H3,(H,29,31)/t19-,20-,23?/m1/s1. The summed E-state index contributed by atoms with van der Waals surface area (Å²) in [5.74, 6) is -0.202. The van der Waals surface area contributed by atoms with E-state index in [1.165, 1.54) is 6.07 Å². The molecule has 2 aromatic rings. The number of benzene rings is 2. The van der Waals surface area contributed by atoms with Gasteiger partial charge in [0.1, 0.15) is 5.82 Å². The predicted molar refractivity (Wildman–Crippen MR) is 127 cm³/mol. The van der Waals surface area contributed by atoms with E-state index in [1.54, 1.807) is 6.07 Å². The van der Waals surface area contributed by atoms with Gasteiger partial charge in [-0.1, -0.05) is 25.1 Å². The van der Waals surface area contributed by atoms with Crippen LogP contribution in [0.15, 0.2) is 36.4 Å². The summed E-state index contributed by atoms with van der Waals surface area (Å²) in [6.45, 7) is 7.64. The molecular formula is C27H33FN2O3. The molecule has 2 fully saturated rings. The van der Waals surface area contributed by atoms with Crippen LogP contribution in [0.4, 0.5) is 10.1 Å². The van der Waals surface area contributed by atoms with Crippen LogP contribution in [0.25, 0.3) is 0 Å². The zero-order chi connectivity index (χ0) is 23.5. The van der Waals surface area contributed by atoms with Crippen LogP contribution < -0.4 is 10.2 Å². The lowest BCUT2D eigenvalue weighted by molar-refractivity contribution is -0.124. The molecule has 0 bridgehead atoms. The van der Waals surface area contributed by atoms with Crippen molar-refractivity contribution in [3.05, 3.63) is 64.5 Å². The van der Waals surface area contributed by atoms with Gasteiger partial charge in [-0.15, -0.1) is 0 Å². The van der Waals surface area contributed by atoms with Gasteiger partial charge in [0, 0.05) is 36.9 Å². The maximum absolute atomic E-state index is 14.2. The van der Waals surface area contributed by atoms with Crippen molar-refractivity contribution in [2.75, 3.05) is 24.6 Å². The minimum atomic E-state index is -0.195. The van der Waals surface area contributed by atoms with Gasteiger partial charge >= 0.3 is 0 Å². The molecule has 1 N–H and O–H groups in total. The van der Waals surface area contributed by atoms with Crippen LogP contribution in [0.1, 0.15) is 53.2 Å². The van der Waals surface area contributed by atoms with Crippen LogP contribution in [0.3, 0.4) is 0 Å². The molecule has 4 rings (SSSR count). The fraction of sp³-hybridized carbons (Fsp3) is 0.481. The van der Waals surface area contributed by atoms with E-state index in [-0.39, 0.29) is 35.6 Å². The maximum atomic E-state index is 14.2. The van der Waals surface area contributed by atoms with Gasteiger partial charge < -0.3 is 15.0 Å². The van der Waals surface area contributed by atoms with Crippen molar-refractivity contribution in [3.8, 4) is 0 Å². The number of hydrogen-bond donors (Lipinski definition) is 1. The Balaban J connectivity index is 1.51. The molecule has 0 aromatic heterocycles. The number of ether oxygens (including phenoxy) is 1. The molecule has 2 aliphatic heterocycles. The van der Waals surface area contributed by atoms with E-state index >= 15 is 0 Å². The van der Waals surface area contributed by atoms with E-state index in [0.29, 0.717) is 30.6 Å². The first-order valence-electron chi connectivity index (χ1n) is 11.9. The number of anilines is 1. The average Bonchev–Trinajstić information content (AvgIpc) is 3.30. The molecule has 176 valence electrons. The molecule has 2 aromatic carbocycles. The van der Waals surface area contributed by atoms with Gasteiger partial charge in [-0.2, -0.15) is 0 Å². The number of piperidine rings is 1. The van der Waals surface area contributed by atoms with Crippen LogP contribution in [0.5, 0.6) is 0 Å². The summed E-state index contributed by atoms with van der Waals surface area (Å²) in [6.07, 6.45) is 3.44. The summed E-state index contributed by atoms with van der Waals surface area (Å²) in [7, 11) is 0. The topological polar surface area (TPSA) is 58.6 Å². The number of halogens is 1. The van der Waals surface area contributed by atoms with E-state index in [1.807, 2.05) is 49.9 Å². The third kappa shape index (κ3) is 5.27. The smallest absolute Gasteiger partial charge is 0.251 e. The van der Waals surface area contributed by atoms with Gasteiger partial charge in [-0.25, -0.2) is 4.39 Å². The van der Waals surface area contributed by atoms with Crippen LogP contribution in [-0.2, 0) is 16.0 Å². The predicted octanol–water partition coefficient (Wildman–Crippen LogP) is 4.58. The highest BCUT2D eigenvalue weighted by Gasteiger charge is 2.34. The lowest BCUT2D eigenvalue weighted by Crippen LogP contribution is -2.46. The zero-order valence-electron chi connectivity index (χ0n) is 19.7. The first-order chi connectivity index (χ1) is 15.8.